The Morgan fingerprint density at radius 2 is 1.59 bits per heavy atom. The first-order valence-corrected chi connectivity index (χ1v) is 10.7. The van der Waals surface area contributed by atoms with Crippen molar-refractivity contribution < 1.29 is 9.84 Å². The topological polar surface area (TPSA) is 39.2 Å². The molecular weight excluding hydrogens is 362 g/mol. The van der Waals surface area contributed by atoms with Crippen molar-refractivity contribution in [2.45, 2.75) is 26.1 Å². The van der Waals surface area contributed by atoms with E-state index in [1.165, 1.54) is 11.1 Å². The molecule has 1 saturated heterocycles. The van der Waals surface area contributed by atoms with Crippen molar-refractivity contribution in [3.8, 4) is 5.75 Å². The molecule has 1 aliphatic rings. The highest BCUT2D eigenvalue weighted by atomic mass is 16.5. The van der Waals surface area contributed by atoms with Crippen LogP contribution < -0.4 is 4.74 Å². The van der Waals surface area contributed by atoms with Gasteiger partial charge in [0.25, 0.3) is 0 Å². The molecule has 0 radical (unpaired) electrons. The Labute approximate surface area is 175 Å². The number of aliphatic hydroxyl groups excluding tert-OH is 1. The van der Waals surface area contributed by atoms with Crippen molar-refractivity contribution in [1.29, 1.82) is 0 Å². The fraction of sp³-hybridized carbons (Fsp3) is 0.500. The molecule has 1 unspecified atom stereocenters. The number of likely N-dealkylation sites (N-methyl/N-ethyl adjacent to an activating group) is 2. The summed E-state index contributed by atoms with van der Waals surface area (Å²) in [6, 6.07) is 18.6. The molecule has 1 heterocycles. The quantitative estimate of drug-likeness (QED) is 0.667. The monoisotopic (exact) mass is 397 g/mol. The summed E-state index contributed by atoms with van der Waals surface area (Å²) >= 11 is 0. The van der Waals surface area contributed by atoms with E-state index in [1.54, 1.807) is 0 Å². The highest BCUT2D eigenvalue weighted by Gasteiger charge is 2.15. The second-order valence-electron chi connectivity index (χ2n) is 8.00. The maximum atomic E-state index is 10.3. The van der Waals surface area contributed by atoms with E-state index in [9.17, 15) is 5.11 Å². The van der Waals surface area contributed by atoms with Crippen molar-refractivity contribution in [2.24, 2.45) is 0 Å². The van der Waals surface area contributed by atoms with Crippen LogP contribution in [0.25, 0.3) is 0 Å². The van der Waals surface area contributed by atoms with Gasteiger partial charge in [0.05, 0.1) is 0 Å². The first-order chi connectivity index (χ1) is 14.1. The number of nitrogens with zero attached hydrogens (tertiary/aromatic N) is 3. The van der Waals surface area contributed by atoms with Crippen LogP contribution in [0.15, 0.2) is 54.6 Å². The van der Waals surface area contributed by atoms with E-state index in [0.29, 0.717) is 13.2 Å². The lowest BCUT2D eigenvalue weighted by molar-refractivity contribution is 0.0744. The summed E-state index contributed by atoms with van der Waals surface area (Å²) in [5.41, 5.74) is 2.56. The Balaban J connectivity index is 1.37. The van der Waals surface area contributed by atoms with Gasteiger partial charge < -0.3 is 14.7 Å². The van der Waals surface area contributed by atoms with Gasteiger partial charge in [-0.2, -0.15) is 0 Å². The highest BCUT2D eigenvalue weighted by molar-refractivity contribution is 5.27. The molecule has 5 heteroatoms. The second kappa shape index (κ2) is 11.3. The molecule has 1 aliphatic heterocycles. The summed E-state index contributed by atoms with van der Waals surface area (Å²) in [5.74, 6) is 0.814. The van der Waals surface area contributed by atoms with Crippen LogP contribution in [0.5, 0.6) is 5.75 Å². The molecule has 158 valence electrons. The maximum Gasteiger partial charge on any atom is 0.119 e. The molecule has 2 aromatic carbocycles. The van der Waals surface area contributed by atoms with Gasteiger partial charge in [-0.1, -0.05) is 49.4 Å². The molecule has 0 aliphatic carbocycles. The van der Waals surface area contributed by atoms with Gasteiger partial charge >= 0.3 is 0 Å². The summed E-state index contributed by atoms with van der Waals surface area (Å²) in [4.78, 5) is 7.12. The van der Waals surface area contributed by atoms with E-state index < -0.39 is 6.10 Å². The van der Waals surface area contributed by atoms with Crippen LogP contribution in [0.3, 0.4) is 0 Å². The van der Waals surface area contributed by atoms with E-state index in [2.05, 4.69) is 45.9 Å². The summed E-state index contributed by atoms with van der Waals surface area (Å²) in [5, 5.41) is 10.3. The molecule has 0 spiro atoms. The Morgan fingerprint density at radius 1 is 0.931 bits per heavy atom. The lowest BCUT2D eigenvalue weighted by atomic mass is 10.2. The number of rotatable bonds is 10. The number of piperazine rings is 1. The lowest BCUT2D eigenvalue weighted by Crippen LogP contribution is -2.45. The zero-order valence-corrected chi connectivity index (χ0v) is 17.8. The number of hydrogen-bond acceptors (Lipinski definition) is 5. The van der Waals surface area contributed by atoms with Gasteiger partial charge in [0, 0.05) is 45.8 Å². The van der Waals surface area contributed by atoms with E-state index in [1.807, 2.05) is 37.4 Å². The molecule has 1 atom stereocenters. The second-order valence-corrected chi connectivity index (χ2v) is 8.00. The Bertz CT molecular complexity index is 700. The summed E-state index contributed by atoms with van der Waals surface area (Å²) in [6.45, 7) is 10.7. The first kappa shape index (κ1) is 21.8. The summed E-state index contributed by atoms with van der Waals surface area (Å²) in [7, 11) is 2.02. The average molecular weight is 398 g/mol. The zero-order chi connectivity index (χ0) is 20.5. The van der Waals surface area contributed by atoms with Gasteiger partial charge in [0.2, 0.25) is 0 Å². The molecule has 2 aromatic rings. The van der Waals surface area contributed by atoms with Crippen molar-refractivity contribution in [1.82, 2.24) is 14.7 Å². The molecule has 0 aromatic heterocycles. The predicted molar refractivity (Wildman–Crippen MR) is 118 cm³/mol. The number of ether oxygens (including phenoxy) is 1. The molecular formula is C24H35N3O2. The third-order valence-electron chi connectivity index (χ3n) is 5.50. The minimum absolute atomic E-state index is 0.303. The van der Waals surface area contributed by atoms with Gasteiger partial charge in [0.15, 0.2) is 0 Å². The fourth-order valence-corrected chi connectivity index (χ4v) is 3.78. The van der Waals surface area contributed by atoms with Crippen LogP contribution in [0.4, 0.5) is 0 Å². The van der Waals surface area contributed by atoms with E-state index >= 15 is 0 Å². The van der Waals surface area contributed by atoms with E-state index in [0.717, 1.165) is 51.6 Å². The Morgan fingerprint density at radius 3 is 2.24 bits per heavy atom. The smallest absolute Gasteiger partial charge is 0.119 e. The van der Waals surface area contributed by atoms with Crippen LogP contribution in [0, 0.1) is 0 Å². The highest BCUT2D eigenvalue weighted by Crippen LogP contribution is 2.15. The molecule has 3 rings (SSSR count). The molecule has 0 saturated carbocycles. The van der Waals surface area contributed by atoms with Gasteiger partial charge in [-0.15, -0.1) is 0 Å². The summed E-state index contributed by atoms with van der Waals surface area (Å²) in [6.07, 6.45) is -0.516. The van der Waals surface area contributed by atoms with Crippen LogP contribution in [-0.2, 0) is 13.1 Å². The lowest BCUT2D eigenvalue weighted by Gasteiger charge is -2.34. The van der Waals surface area contributed by atoms with Crippen molar-refractivity contribution in [3.05, 3.63) is 65.7 Å². The zero-order valence-electron chi connectivity index (χ0n) is 17.8. The van der Waals surface area contributed by atoms with Crippen molar-refractivity contribution in [2.75, 3.05) is 52.9 Å². The predicted octanol–water partition coefficient (Wildman–Crippen LogP) is 2.70. The molecule has 29 heavy (non-hydrogen) atoms. The van der Waals surface area contributed by atoms with Crippen LogP contribution in [0.2, 0.25) is 0 Å². The third-order valence-corrected chi connectivity index (χ3v) is 5.50. The minimum Gasteiger partial charge on any atom is -0.491 e. The SMILES string of the molecule is CCN1CCN(Cc2ccc(OCC(O)CN(C)Cc3ccccc3)cc2)CC1. The average Bonchev–Trinajstić information content (AvgIpc) is 2.74. The molecule has 0 amide bonds. The third kappa shape index (κ3) is 7.44. The van der Waals surface area contributed by atoms with E-state index in [4.69, 9.17) is 4.74 Å². The summed E-state index contributed by atoms with van der Waals surface area (Å²) < 4.78 is 5.80. The van der Waals surface area contributed by atoms with Crippen LogP contribution in [0.1, 0.15) is 18.1 Å². The Hall–Kier alpha value is -1.92. The maximum absolute atomic E-state index is 10.3. The molecule has 0 bridgehead atoms. The molecule has 1 N–H and O–H groups in total. The first-order valence-electron chi connectivity index (χ1n) is 10.7. The van der Waals surface area contributed by atoms with Crippen molar-refractivity contribution in [3.63, 3.8) is 0 Å². The largest absolute Gasteiger partial charge is 0.491 e. The van der Waals surface area contributed by atoms with Gasteiger partial charge in [0.1, 0.15) is 18.5 Å². The minimum atomic E-state index is -0.516. The standard InChI is InChI=1S/C24H35N3O2/c1-3-26-13-15-27(16-14-26)18-22-9-11-24(12-10-22)29-20-23(28)19-25(2)17-21-7-5-4-6-8-21/h4-12,23,28H,3,13-20H2,1-2H3. The normalized spacial score (nSPS) is 16.8. The fourth-order valence-electron chi connectivity index (χ4n) is 3.78. The van der Waals surface area contributed by atoms with Crippen molar-refractivity contribution >= 4 is 0 Å². The van der Waals surface area contributed by atoms with Gasteiger partial charge in [-0.25, -0.2) is 0 Å². The van der Waals surface area contributed by atoms with Gasteiger partial charge in [-0.05, 0) is 36.9 Å². The van der Waals surface area contributed by atoms with E-state index in [-0.39, 0.29) is 0 Å². The molecule has 1 fully saturated rings. The van der Waals surface area contributed by atoms with Crippen LogP contribution in [-0.4, -0.2) is 78.8 Å². The number of aliphatic hydroxyl groups is 1. The molecule has 5 nitrogen and oxygen atoms in total. The van der Waals surface area contributed by atoms with Crippen LogP contribution >= 0.6 is 0 Å². The number of benzene rings is 2. The Kier molecular flexibility index (Phi) is 8.50. The number of hydrogen-bond donors (Lipinski definition) is 1. The van der Waals surface area contributed by atoms with Gasteiger partial charge in [-0.3, -0.25) is 9.80 Å².